The van der Waals surface area contributed by atoms with Gasteiger partial charge < -0.3 is 24.4 Å². The van der Waals surface area contributed by atoms with Crippen LogP contribution in [0.1, 0.15) is 42.0 Å². The molecule has 0 bridgehead atoms. The number of aliphatic hydroxyl groups excluding tert-OH is 1. The molecule has 1 aromatic carbocycles. The van der Waals surface area contributed by atoms with Gasteiger partial charge in [0.25, 0.3) is 0 Å². The topological polar surface area (TPSA) is 92.9 Å². The highest BCUT2D eigenvalue weighted by Gasteiger charge is 2.41. The summed E-state index contributed by atoms with van der Waals surface area (Å²) in [6.45, 7) is 2.44. The predicted octanol–water partition coefficient (Wildman–Crippen LogP) is 2.41. The lowest BCUT2D eigenvalue weighted by Gasteiger charge is -2.40. The maximum Gasteiger partial charge on any atom is 0.573 e. The second-order valence-electron chi connectivity index (χ2n) is 8.24. The number of nitrogens with one attached hydrogen (secondary N) is 1. The Morgan fingerprint density at radius 2 is 2.06 bits per heavy atom. The highest BCUT2D eigenvalue weighted by molar-refractivity contribution is 5.30. The molecule has 4 unspecified atom stereocenters. The van der Waals surface area contributed by atoms with Gasteiger partial charge in [-0.25, -0.2) is 0 Å². The number of rotatable bonds is 7. The number of halogens is 3. The second kappa shape index (κ2) is 9.74. The fraction of sp³-hybridized carbons (Fsp3) is 0.619. The molecular weight excluding hydrogens is 429 g/mol. The molecule has 2 aliphatic rings. The van der Waals surface area contributed by atoms with Crippen molar-refractivity contribution in [1.29, 1.82) is 0 Å². The van der Waals surface area contributed by atoms with E-state index in [9.17, 15) is 18.3 Å². The van der Waals surface area contributed by atoms with Crippen molar-refractivity contribution in [3.8, 4) is 5.75 Å². The third-order valence-electron chi connectivity index (χ3n) is 6.00. The third-order valence-corrected chi connectivity index (χ3v) is 6.00. The molecule has 2 aliphatic heterocycles. The maximum absolute atomic E-state index is 12.4. The van der Waals surface area contributed by atoms with Crippen molar-refractivity contribution in [3.63, 3.8) is 0 Å². The van der Waals surface area contributed by atoms with Crippen LogP contribution in [0.4, 0.5) is 13.2 Å². The normalized spacial score (nSPS) is 27.0. The number of aliphatic hydroxyl groups is 1. The van der Waals surface area contributed by atoms with Crippen molar-refractivity contribution in [2.24, 2.45) is 0 Å². The lowest BCUT2D eigenvalue weighted by atomic mass is 9.83. The van der Waals surface area contributed by atoms with Crippen molar-refractivity contribution < 1.29 is 32.3 Å². The molecule has 176 valence electrons. The van der Waals surface area contributed by atoms with E-state index in [1.807, 2.05) is 0 Å². The van der Waals surface area contributed by atoms with Gasteiger partial charge in [-0.15, -0.1) is 13.2 Å². The molecule has 0 spiro atoms. The van der Waals surface area contributed by atoms with E-state index in [4.69, 9.17) is 9.26 Å². The fourth-order valence-electron chi connectivity index (χ4n) is 4.47. The Balaban J connectivity index is 1.52. The maximum atomic E-state index is 12.4. The molecule has 11 heteroatoms. The number of likely N-dealkylation sites (tertiary alicyclic amines) is 1. The first kappa shape index (κ1) is 23.0. The van der Waals surface area contributed by atoms with Crippen LogP contribution in [0.3, 0.4) is 0 Å². The summed E-state index contributed by atoms with van der Waals surface area (Å²) >= 11 is 0. The molecule has 2 fully saturated rings. The van der Waals surface area contributed by atoms with Crippen LogP contribution >= 0.6 is 0 Å². The van der Waals surface area contributed by atoms with Crippen molar-refractivity contribution in [2.45, 2.75) is 49.7 Å². The van der Waals surface area contributed by atoms with Crippen LogP contribution in [0.15, 0.2) is 28.8 Å². The molecule has 0 radical (unpaired) electrons. The summed E-state index contributed by atoms with van der Waals surface area (Å²) in [7, 11) is 1.61. The first-order chi connectivity index (χ1) is 15.3. The third kappa shape index (κ3) is 5.58. The minimum Gasteiger partial charge on any atom is -0.406 e. The predicted molar refractivity (Wildman–Crippen MR) is 107 cm³/mol. The lowest BCUT2D eigenvalue weighted by Crippen LogP contribution is -2.53. The van der Waals surface area contributed by atoms with Gasteiger partial charge in [0.15, 0.2) is 5.82 Å². The Labute approximate surface area is 183 Å². The van der Waals surface area contributed by atoms with Gasteiger partial charge in [0, 0.05) is 33.2 Å². The van der Waals surface area contributed by atoms with Gasteiger partial charge in [-0.05, 0) is 36.5 Å². The zero-order valence-electron chi connectivity index (χ0n) is 17.7. The molecule has 0 amide bonds. The Morgan fingerprint density at radius 1 is 1.28 bits per heavy atom. The average molecular weight is 456 g/mol. The Kier molecular flexibility index (Phi) is 6.99. The highest BCUT2D eigenvalue weighted by Crippen LogP contribution is 2.38. The molecule has 2 N–H and O–H groups in total. The van der Waals surface area contributed by atoms with Gasteiger partial charge in [0.05, 0.1) is 24.8 Å². The van der Waals surface area contributed by atoms with Crippen LogP contribution in [0, 0.1) is 0 Å². The van der Waals surface area contributed by atoms with Gasteiger partial charge in [-0.1, -0.05) is 17.3 Å². The van der Waals surface area contributed by atoms with Crippen molar-refractivity contribution in [3.05, 3.63) is 41.5 Å². The van der Waals surface area contributed by atoms with Crippen molar-refractivity contribution >= 4 is 0 Å². The molecule has 0 aliphatic carbocycles. The molecule has 1 aromatic heterocycles. The fourth-order valence-corrected chi connectivity index (χ4v) is 4.47. The van der Waals surface area contributed by atoms with Gasteiger partial charge in [0.2, 0.25) is 5.89 Å². The number of alkyl halides is 3. The van der Waals surface area contributed by atoms with E-state index in [2.05, 4.69) is 25.1 Å². The van der Waals surface area contributed by atoms with Crippen LogP contribution in [0.2, 0.25) is 0 Å². The summed E-state index contributed by atoms with van der Waals surface area (Å²) in [4.78, 5) is 6.75. The van der Waals surface area contributed by atoms with Crippen molar-refractivity contribution in [2.75, 3.05) is 33.4 Å². The summed E-state index contributed by atoms with van der Waals surface area (Å²) in [6, 6.07) is 5.97. The molecule has 2 saturated heterocycles. The average Bonchev–Trinajstić information content (AvgIpc) is 3.40. The Hall–Kier alpha value is -2.21. The van der Waals surface area contributed by atoms with Crippen LogP contribution < -0.4 is 10.1 Å². The smallest absolute Gasteiger partial charge is 0.406 e. The molecule has 8 nitrogen and oxygen atoms in total. The molecule has 3 heterocycles. The number of β-amino-alcohol motifs (C(OH)–C–C–N with tert-alkyl or cyclic N) is 1. The Morgan fingerprint density at radius 3 is 2.72 bits per heavy atom. The molecule has 4 rings (SSSR count). The van der Waals surface area contributed by atoms with E-state index in [-0.39, 0.29) is 29.9 Å². The monoisotopic (exact) mass is 456 g/mol. The first-order valence-corrected chi connectivity index (χ1v) is 10.6. The zero-order chi connectivity index (χ0) is 22.7. The molecule has 2 aromatic rings. The standard InChI is InChI=1S/C21H27F3N4O4/c1-30-9-7-18-26-20(32-27-18)17-10-14(11-25-19(17)28-8-6-15(29)12-28)13-2-4-16(5-3-13)31-21(22,23)24/h2-5,14-15,17,19,25,29H,6-12H2,1H3. The van der Waals surface area contributed by atoms with E-state index >= 15 is 0 Å². The largest absolute Gasteiger partial charge is 0.573 e. The quantitative estimate of drug-likeness (QED) is 0.656. The number of hydrogen-bond donors (Lipinski definition) is 2. The van der Waals surface area contributed by atoms with Gasteiger partial charge in [-0.2, -0.15) is 4.98 Å². The van der Waals surface area contributed by atoms with Crippen molar-refractivity contribution in [1.82, 2.24) is 20.4 Å². The molecular formula is C21H27F3N4O4. The number of methoxy groups -OCH3 is 1. The minimum atomic E-state index is -4.72. The van der Waals surface area contributed by atoms with Gasteiger partial charge >= 0.3 is 6.36 Å². The van der Waals surface area contributed by atoms with E-state index in [1.54, 1.807) is 19.2 Å². The number of nitrogens with zero attached hydrogens (tertiary/aromatic N) is 3. The van der Waals surface area contributed by atoms with E-state index in [1.165, 1.54) is 12.1 Å². The number of aromatic nitrogens is 2. The van der Waals surface area contributed by atoms with E-state index in [0.29, 0.717) is 50.7 Å². The molecule has 0 saturated carbocycles. The summed E-state index contributed by atoms with van der Waals surface area (Å²) < 4.78 is 52.0. The number of piperidine rings is 1. The molecule has 32 heavy (non-hydrogen) atoms. The van der Waals surface area contributed by atoms with Crippen LogP contribution in [-0.2, 0) is 11.2 Å². The highest BCUT2D eigenvalue weighted by atomic mass is 19.4. The molecule has 4 atom stereocenters. The first-order valence-electron chi connectivity index (χ1n) is 10.6. The summed E-state index contributed by atoms with van der Waals surface area (Å²) in [5, 5.41) is 17.6. The van der Waals surface area contributed by atoms with E-state index in [0.717, 1.165) is 12.1 Å². The van der Waals surface area contributed by atoms with Gasteiger partial charge in [-0.3, -0.25) is 4.90 Å². The summed E-state index contributed by atoms with van der Waals surface area (Å²) in [6.07, 6.45) is -3.24. The Bertz CT molecular complexity index is 877. The van der Waals surface area contributed by atoms with Crippen LogP contribution in [-0.4, -0.2) is 72.1 Å². The number of ether oxygens (including phenoxy) is 2. The number of benzene rings is 1. The zero-order valence-corrected chi connectivity index (χ0v) is 17.7. The van der Waals surface area contributed by atoms with Crippen LogP contribution in [0.5, 0.6) is 5.75 Å². The summed E-state index contributed by atoms with van der Waals surface area (Å²) in [5.74, 6) is 0.742. The van der Waals surface area contributed by atoms with Gasteiger partial charge in [0.1, 0.15) is 5.75 Å². The summed E-state index contributed by atoms with van der Waals surface area (Å²) in [5.41, 5.74) is 0.899. The SMILES string of the molecule is COCCc1noc(C2CC(c3ccc(OC(F)(F)F)cc3)CNC2N2CCC(O)C2)n1. The minimum absolute atomic E-state index is 0.0399. The lowest BCUT2D eigenvalue weighted by molar-refractivity contribution is -0.274. The van der Waals surface area contributed by atoms with E-state index < -0.39 is 6.36 Å². The number of hydrogen-bond acceptors (Lipinski definition) is 8. The second-order valence-corrected chi connectivity index (χ2v) is 8.24. The van der Waals surface area contributed by atoms with Crippen LogP contribution in [0.25, 0.3) is 0 Å².